The number of hydrogen-bond donors (Lipinski definition) is 1. The van der Waals surface area contributed by atoms with Crippen molar-refractivity contribution in [3.8, 4) is 0 Å². The van der Waals surface area contributed by atoms with E-state index in [2.05, 4.69) is 16.5 Å². The molecule has 0 unspecified atom stereocenters. The molecule has 0 spiro atoms. The summed E-state index contributed by atoms with van der Waals surface area (Å²) in [4.78, 5) is 19.5. The van der Waals surface area contributed by atoms with Gasteiger partial charge in [0.05, 0.1) is 0 Å². The predicted molar refractivity (Wildman–Crippen MR) is 91.5 cm³/mol. The normalized spacial score (nSPS) is 15.1. The van der Waals surface area contributed by atoms with Gasteiger partial charge in [-0.3, -0.25) is 10.2 Å². The Bertz CT molecular complexity index is 574. The number of allylic oxidation sites excluding steroid dienone is 1. The van der Waals surface area contributed by atoms with Gasteiger partial charge < -0.3 is 9.80 Å². The summed E-state index contributed by atoms with van der Waals surface area (Å²) < 4.78 is 0. The van der Waals surface area contributed by atoms with Crippen molar-refractivity contribution >= 4 is 35.2 Å². The maximum atomic E-state index is 11.5. The average molecular weight is 319 g/mol. The molecule has 1 aromatic carbocycles. The van der Waals surface area contributed by atoms with Crippen LogP contribution in [0.4, 0.5) is 5.69 Å². The van der Waals surface area contributed by atoms with Crippen LogP contribution in [0.2, 0.25) is 0 Å². The van der Waals surface area contributed by atoms with Crippen molar-refractivity contribution in [2.24, 2.45) is 4.99 Å². The van der Waals surface area contributed by atoms with Gasteiger partial charge in [-0.15, -0.1) is 11.6 Å². The lowest BCUT2D eigenvalue weighted by Crippen LogP contribution is -2.49. The quantitative estimate of drug-likeness (QED) is 0.525. The number of halogens is 1. The van der Waals surface area contributed by atoms with Gasteiger partial charge in [0, 0.05) is 43.6 Å². The number of benzene rings is 1. The molecule has 1 fully saturated rings. The van der Waals surface area contributed by atoms with E-state index in [-0.39, 0.29) is 17.6 Å². The molecule has 0 atom stereocenters. The molecule has 6 heteroatoms. The number of carbonyl (C=O) groups excluding carboxylic acids is 1. The van der Waals surface area contributed by atoms with Gasteiger partial charge in [-0.2, -0.15) is 0 Å². The summed E-state index contributed by atoms with van der Waals surface area (Å²) in [6.45, 7) is 6.48. The fourth-order valence-corrected chi connectivity index (χ4v) is 2.50. The van der Waals surface area contributed by atoms with Crippen LogP contribution in [0.3, 0.4) is 0 Å². The second-order valence-corrected chi connectivity index (χ2v) is 5.18. The number of piperazine rings is 1. The summed E-state index contributed by atoms with van der Waals surface area (Å²) in [5.74, 6) is 0.247. The van der Waals surface area contributed by atoms with E-state index in [1.807, 2.05) is 24.3 Å². The Balaban J connectivity index is 1.97. The van der Waals surface area contributed by atoms with Crippen molar-refractivity contribution in [1.82, 2.24) is 4.90 Å². The van der Waals surface area contributed by atoms with E-state index in [0.29, 0.717) is 13.1 Å². The van der Waals surface area contributed by atoms with Crippen LogP contribution < -0.4 is 4.90 Å². The van der Waals surface area contributed by atoms with E-state index in [9.17, 15) is 4.79 Å². The van der Waals surface area contributed by atoms with Gasteiger partial charge in [0.25, 0.3) is 0 Å². The zero-order valence-electron chi connectivity index (χ0n) is 12.3. The first kappa shape index (κ1) is 16.2. The lowest BCUT2D eigenvalue weighted by molar-refractivity contribution is -0.128. The van der Waals surface area contributed by atoms with Crippen LogP contribution >= 0.6 is 11.6 Å². The first-order chi connectivity index (χ1) is 10.7. The van der Waals surface area contributed by atoms with Crippen molar-refractivity contribution < 1.29 is 4.79 Å². The highest BCUT2D eigenvalue weighted by molar-refractivity contribution is 6.27. The number of carbonyl (C=O) groups is 1. The van der Waals surface area contributed by atoms with E-state index in [1.54, 1.807) is 11.0 Å². The van der Waals surface area contributed by atoms with Crippen LogP contribution in [0.15, 0.2) is 41.9 Å². The Morgan fingerprint density at radius 1 is 1.27 bits per heavy atom. The second kappa shape index (κ2) is 7.75. The minimum absolute atomic E-state index is 0.00908. The molecule has 1 amide bonds. The molecule has 2 rings (SSSR count). The Morgan fingerprint density at radius 2 is 1.91 bits per heavy atom. The highest BCUT2D eigenvalue weighted by atomic mass is 35.5. The van der Waals surface area contributed by atoms with Gasteiger partial charge >= 0.3 is 0 Å². The van der Waals surface area contributed by atoms with Crippen LogP contribution in [0.1, 0.15) is 5.56 Å². The van der Waals surface area contributed by atoms with Crippen LogP contribution in [0.25, 0.3) is 0 Å². The zero-order valence-corrected chi connectivity index (χ0v) is 13.1. The molecular weight excluding hydrogens is 300 g/mol. The minimum Gasteiger partial charge on any atom is -0.368 e. The number of nitrogens with zero attached hydrogens (tertiary/aromatic N) is 3. The van der Waals surface area contributed by atoms with E-state index < -0.39 is 0 Å². The van der Waals surface area contributed by atoms with E-state index in [0.717, 1.165) is 24.3 Å². The molecule has 0 aromatic heterocycles. The summed E-state index contributed by atoms with van der Waals surface area (Å²) in [6, 6.07) is 7.72. The molecule has 1 aliphatic heterocycles. The molecule has 1 aromatic rings. The number of nitrogens with one attached hydrogen (secondary N) is 1. The molecule has 0 radical (unpaired) electrons. The highest BCUT2D eigenvalue weighted by Gasteiger charge is 2.20. The van der Waals surface area contributed by atoms with Gasteiger partial charge in [0.15, 0.2) is 5.84 Å². The lowest BCUT2D eigenvalue weighted by atomic mass is 10.1. The largest absolute Gasteiger partial charge is 0.368 e. The van der Waals surface area contributed by atoms with Gasteiger partial charge in [-0.25, -0.2) is 4.99 Å². The molecule has 0 aliphatic carbocycles. The predicted octanol–water partition coefficient (Wildman–Crippen LogP) is 2.16. The van der Waals surface area contributed by atoms with Crippen molar-refractivity contribution in [3.05, 3.63) is 42.5 Å². The summed E-state index contributed by atoms with van der Waals surface area (Å²) in [5, 5.41) is 7.83. The summed E-state index contributed by atoms with van der Waals surface area (Å²) in [6.07, 6.45) is 3.05. The summed E-state index contributed by atoms with van der Waals surface area (Å²) in [7, 11) is 0. The standard InChI is InChI=1S/C16H19ClN4O/c1-2-7-19-16(18)13-3-5-14(6-4-13)20-8-10-21(11-9-20)15(22)12-17/h2-7,18H,1,8-12H2/b18-16?,19-7-. The van der Waals surface area contributed by atoms with Crippen LogP contribution in [0, 0.1) is 5.41 Å². The lowest BCUT2D eigenvalue weighted by Gasteiger charge is -2.35. The molecule has 0 bridgehead atoms. The molecule has 1 N–H and O–H groups in total. The Morgan fingerprint density at radius 3 is 2.45 bits per heavy atom. The number of anilines is 1. The van der Waals surface area contributed by atoms with E-state index in [1.165, 1.54) is 6.21 Å². The third-order valence-corrected chi connectivity index (χ3v) is 3.79. The zero-order chi connectivity index (χ0) is 15.9. The molecular formula is C16H19ClN4O. The average Bonchev–Trinajstić information content (AvgIpc) is 2.59. The van der Waals surface area contributed by atoms with Gasteiger partial charge in [0.1, 0.15) is 5.88 Å². The molecule has 1 heterocycles. The van der Waals surface area contributed by atoms with Gasteiger partial charge in [-0.1, -0.05) is 12.7 Å². The monoisotopic (exact) mass is 318 g/mol. The fourth-order valence-electron chi connectivity index (χ4n) is 2.33. The molecule has 22 heavy (non-hydrogen) atoms. The van der Waals surface area contributed by atoms with Crippen LogP contribution in [0.5, 0.6) is 0 Å². The smallest absolute Gasteiger partial charge is 0.237 e. The molecule has 5 nitrogen and oxygen atoms in total. The Hall–Kier alpha value is -2.14. The maximum Gasteiger partial charge on any atom is 0.237 e. The molecule has 1 aliphatic rings. The van der Waals surface area contributed by atoms with E-state index >= 15 is 0 Å². The molecule has 1 saturated heterocycles. The number of amides is 1. The highest BCUT2D eigenvalue weighted by Crippen LogP contribution is 2.18. The number of amidine groups is 1. The van der Waals surface area contributed by atoms with Crippen molar-refractivity contribution in [3.63, 3.8) is 0 Å². The summed E-state index contributed by atoms with van der Waals surface area (Å²) >= 11 is 5.58. The molecule has 116 valence electrons. The number of aliphatic imine (C=N–C) groups is 1. The Labute approximate surface area is 135 Å². The van der Waals surface area contributed by atoms with Crippen molar-refractivity contribution in [1.29, 1.82) is 5.41 Å². The topological polar surface area (TPSA) is 59.8 Å². The number of rotatable bonds is 4. The van der Waals surface area contributed by atoms with E-state index in [4.69, 9.17) is 17.0 Å². The first-order valence-corrected chi connectivity index (χ1v) is 7.62. The first-order valence-electron chi connectivity index (χ1n) is 7.08. The SMILES string of the molecule is C=C/C=N\C(=N)c1ccc(N2CCN(C(=O)CCl)CC2)cc1. The minimum atomic E-state index is -0.00908. The number of hydrogen-bond acceptors (Lipinski definition) is 3. The van der Waals surface area contributed by atoms with Crippen molar-refractivity contribution in [2.45, 2.75) is 0 Å². The summed E-state index contributed by atoms with van der Waals surface area (Å²) in [5.41, 5.74) is 1.85. The maximum absolute atomic E-state index is 11.5. The molecule has 0 saturated carbocycles. The fraction of sp³-hybridized carbons (Fsp3) is 0.312. The van der Waals surface area contributed by atoms with Crippen molar-refractivity contribution in [2.75, 3.05) is 37.0 Å². The second-order valence-electron chi connectivity index (χ2n) is 4.91. The van der Waals surface area contributed by atoms with Crippen LogP contribution in [-0.4, -0.2) is 54.9 Å². The van der Waals surface area contributed by atoms with Gasteiger partial charge in [-0.05, 0) is 24.3 Å². The Kier molecular flexibility index (Phi) is 5.72. The van der Waals surface area contributed by atoms with Gasteiger partial charge in [0.2, 0.25) is 5.91 Å². The number of alkyl halides is 1. The third-order valence-electron chi connectivity index (χ3n) is 3.56. The van der Waals surface area contributed by atoms with Crippen LogP contribution in [-0.2, 0) is 4.79 Å². The third kappa shape index (κ3) is 3.95.